The Morgan fingerprint density at radius 1 is 1.12 bits per heavy atom. The number of fused-ring (bicyclic) bond motifs is 1. The summed E-state index contributed by atoms with van der Waals surface area (Å²) in [5.41, 5.74) is 4.87. The van der Waals surface area contributed by atoms with Crippen LogP contribution in [-0.2, 0) is 27.3 Å². The fourth-order valence-corrected chi connectivity index (χ4v) is 6.11. The van der Waals surface area contributed by atoms with Gasteiger partial charge < -0.3 is 14.3 Å². The molecule has 9 heteroatoms. The maximum Gasteiger partial charge on any atom is 0.249 e. The number of aromatic nitrogens is 1. The number of piperidine rings is 2. The molecule has 212 valence electrons. The van der Waals surface area contributed by atoms with Crippen molar-refractivity contribution >= 4 is 29.2 Å². The van der Waals surface area contributed by atoms with E-state index in [1.54, 1.807) is 6.07 Å². The van der Waals surface area contributed by atoms with Gasteiger partial charge in [0.1, 0.15) is 11.9 Å². The van der Waals surface area contributed by atoms with Crippen LogP contribution in [0.15, 0.2) is 40.9 Å². The average Bonchev–Trinajstić information content (AvgIpc) is 3.36. The molecule has 3 amide bonds. The molecular formula is C31H37FN4O4. The number of imide groups is 1. The van der Waals surface area contributed by atoms with E-state index in [-0.39, 0.29) is 18.1 Å². The Labute approximate surface area is 233 Å². The van der Waals surface area contributed by atoms with Crippen molar-refractivity contribution in [1.82, 2.24) is 20.3 Å². The van der Waals surface area contributed by atoms with Crippen LogP contribution in [0.4, 0.5) is 4.39 Å². The number of unbranched alkanes of at least 4 members (excludes halogenated alkanes) is 2. The topological polar surface area (TPSA) is 95.8 Å². The van der Waals surface area contributed by atoms with Gasteiger partial charge in [-0.05, 0) is 93.9 Å². The molecule has 8 nitrogen and oxygen atoms in total. The summed E-state index contributed by atoms with van der Waals surface area (Å²) < 4.78 is 18.8. The maximum atomic E-state index is 13.5. The molecule has 2 fully saturated rings. The van der Waals surface area contributed by atoms with E-state index in [1.165, 1.54) is 22.6 Å². The number of hydrogen-bond donors (Lipinski definition) is 1. The number of halogens is 1. The van der Waals surface area contributed by atoms with Gasteiger partial charge in [0.25, 0.3) is 0 Å². The molecule has 0 saturated carbocycles. The van der Waals surface area contributed by atoms with Crippen molar-refractivity contribution < 1.29 is 23.3 Å². The number of benzene rings is 2. The minimum Gasteiger partial charge on any atom is -0.356 e. The van der Waals surface area contributed by atoms with E-state index in [0.29, 0.717) is 24.5 Å². The van der Waals surface area contributed by atoms with Crippen LogP contribution in [0, 0.1) is 12.7 Å². The highest BCUT2D eigenvalue weighted by Crippen LogP contribution is 2.33. The van der Waals surface area contributed by atoms with Crippen LogP contribution in [0.3, 0.4) is 0 Å². The van der Waals surface area contributed by atoms with Crippen LogP contribution >= 0.6 is 0 Å². The van der Waals surface area contributed by atoms with E-state index in [9.17, 15) is 18.8 Å². The Hall–Kier alpha value is -3.59. The molecular weight excluding hydrogens is 511 g/mol. The molecule has 1 unspecified atom stereocenters. The lowest BCUT2D eigenvalue weighted by atomic mass is 9.91. The van der Waals surface area contributed by atoms with Gasteiger partial charge in [-0.2, -0.15) is 0 Å². The van der Waals surface area contributed by atoms with Crippen molar-refractivity contribution in [3.05, 3.63) is 64.6 Å². The Morgan fingerprint density at radius 3 is 2.73 bits per heavy atom. The Bertz CT molecular complexity index is 1360. The molecule has 2 aliphatic rings. The van der Waals surface area contributed by atoms with Gasteiger partial charge in [-0.1, -0.05) is 29.8 Å². The molecule has 40 heavy (non-hydrogen) atoms. The van der Waals surface area contributed by atoms with Gasteiger partial charge in [-0.15, -0.1) is 0 Å². The van der Waals surface area contributed by atoms with Crippen molar-refractivity contribution in [3.8, 4) is 0 Å². The largest absolute Gasteiger partial charge is 0.356 e. The summed E-state index contributed by atoms with van der Waals surface area (Å²) in [6.07, 6.45) is 7.57. The van der Waals surface area contributed by atoms with E-state index >= 15 is 0 Å². The standard InChI is InChI=1S/C31H37FN4O4/c1-21-6-5-8-22(26(21)19-36(20-37)27-11-12-29(38)33-31(27)39)7-3-2-4-15-35-16-13-23(14-17-35)30-25-10-9-24(32)18-28(25)40-34-30/h5-6,8-10,18,20,23,27H,2-4,7,11-17,19H2,1H3,(H,33,38,39). The number of rotatable bonds is 11. The molecule has 0 radical (unpaired) electrons. The highest BCUT2D eigenvalue weighted by atomic mass is 19.1. The van der Waals surface area contributed by atoms with Crippen LogP contribution in [0.25, 0.3) is 11.0 Å². The Morgan fingerprint density at radius 2 is 1.95 bits per heavy atom. The first-order valence-corrected chi connectivity index (χ1v) is 14.3. The molecule has 3 aromatic rings. The molecule has 2 aliphatic heterocycles. The second-order valence-electron chi connectivity index (χ2n) is 11.1. The summed E-state index contributed by atoms with van der Waals surface area (Å²) >= 11 is 0. The summed E-state index contributed by atoms with van der Waals surface area (Å²) in [4.78, 5) is 39.8. The Kier molecular flexibility index (Phi) is 8.89. The third kappa shape index (κ3) is 6.41. The SMILES string of the molecule is Cc1cccc(CCCCCN2CCC(c3noc4cc(F)ccc34)CC2)c1CN(C=O)C1CCC(=O)NC1=O. The van der Waals surface area contributed by atoms with Gasteiger partial charge in [-0.3, -0.25) is 19.7 Å². The molecule has 1 N–H and O–H groups in total. The molecule has 5 rings (SSSR count). The van der Waals surface area contributed by atoms with Gasteiger partial charge in [0.2, 0.25) is 18.2 Å². The maximum absolute atomic E-state index is 13.5. The quantitative estimate of drug-likeness (QED) is 0.213. The van der Waals surface area contributed by atoms with E-state index in [1.807, 2.05) is 19.1 Å². The summed E-state index contributed by atoms with van der Waals surface area (Å²) in [6, 6.07) is 10.2. The zero-order valence-corrected chi connectivity index (χ0v) is 23.0. The summed E-state index contributed by atoms with van der Waals surface area (Å²) in [6.45, 7) is 5.50. The smallest absolute Gasteiger partial charge is 0.249 e. The van der Waals surface area contributed by atoms with Crippen molar-refractivity contribution in [1.29, 1.82) is 0 Å². The summed E-state index contributed by atoms with van der Waals surface area (Å²) in [7, 11) is 0. The van der Waals surface area contributed by atoms with Gasteiger partial charge in [0.15, 0.2) is 5.58 Å². The second-order valence-corrected chi connectivity index (χ2v) is 11.1. The van der Waals surface area contributed by atoms with E-state index in [4.69, 9.17) is 4.52 Å². The second kappa shape index (κ2) is 12.7. The monoisotopic (exact) mass is 548 g/mol. The fraction of sp³-hybridized carbons (Fsp3) is 0.484. The summed E-state index contributed by atoms with van der Waals surface area (Å²) in [5.74, 6) is -0.644. The van der Waals surface area contributed by atoms with Crippen LogP contribution in [-0.4, -0.2) is 58.9 Å². The van der Waals surface area contributed by atoms with Crippen LogP contribution in [0.1, 0.15) is 73.2 Å². The average molecular weight is 549 g/mol. The normalized spacial score (nSPS) is 18.7. The number of hydrogen-bond acceptors (Lipinski definition) is 6. The first kappa shape index (κ1) is 28.0. The number of aryl methyl sites for hydroxylation is 2. The fourth-order valence-electron chi connectivity index (χ4n) is 6.11. The van der Waals surface area contributed by atoms with Crippen molar-refractivity contribution in [3.63, 3.8) is 0 Å². The molecule has 2 aromatic carbocycles. The highest BCUT2D eigenvalue weighted by Gasteiger charge is 2.31. The number of amides is 3. The predicted molar refractivity (Wildman–Crippen MR) is 149 cm³/mol. The van der Waals surface area contributed by atoms with Crippen LogP contribution in [0.5, 0.6) is 0 Å². The minimum atomic E-state index is -0.613. The molecule has 1 atom stereocenters. The van der Waals surface area contributed by atoms with Crippen molar-refractivity contribution in [2.75, 3.05) is 19.6 Å². The molecule has 0 bridgehead atoms. The molecule has 0 spiro atoms. The lowest BCUT2D eigenvalue weighted by Gasteiger charge is -2.31. The number of nitrogens with one attached hydrogen (secondary N) is 1. The zero-order chi connectivity index (χ0) is 28.1. The molecule has 2 saturated heterocycles. The first-order valence-electron chi connectivity index (χ1n) is 14.3. The zero-order valence-electron chi connectivity index (χ0n) is 23.0. The minimum absolute atomic E-state index is 0.247. The van der Waals surface area contributed by atoms with E-state index in [0.717, 1.165) is 86.8 Å². The van der Waals surface area contributed by atoms with Crippen molar-refractivity contribution in [2.45, 2.75) is 76.8 Å². The predicted octanol–water partition coefficient (Wildman–Crippen LogP) is 4.63. The van der Waals surface area contributed by atoms with Gasteiger partial charge in [0, 0.05) is 30.3 Å². The van der Waals surface area contributed by atoms with Gasteiger partial charge in [-0.25, -0.2) is 4.39 Å². The summed E-state index contributed by atoms with van der Waals surface area (Å²) in [5, 5.41) is 7.53. The third-order valence-electron chi connectivity index (χ3n) is 8.45. The van der Waals surface area contributed by atoms with Crippen molar-refractivity contribution in [2.24, 2.45) is 0 Å². The lowest BCUT2D eigenvalue weighted by Crippen LogP contribution is -2.51. The van der Waals surface area contributed by atoms with Gasteiger partial charge in [0.05, 0.1) is 5.69 Å². The number of carbonyl (C=O) groups excluding carboxylic acids is 3. The molecule has 1 aromatic heterocycles. The van der Waals surface area contributed by atoms with E-state index < -0.39 is 11.9 Å². The first-order chi connectivity index (χ1) is 19.4. The van der Waals surface area contributed by atoms with Crippen LogP contribution < -0.4 is 5.32 Å². The number of nitrogens with zero attached hydrogens (tertiary/aromatic N) is 3. The third-order valence-corrected chi connectivity index (χ3v) is 8.45. The highest BCUT2D eigenvalue weighted by molar-refractivity contribution is 6.00. The lowest BCUT2D eigenvalue weighted by molar-refractivity contribution is -0.141. The van der Waals surface area contributed by atoms with E-state index in [2.05, 4.69) is 21.4 Å². The number of likely N-dealkylation sites (tertiary alicyclic amines) is 1. The number of carbonyl (C=O) groups is 3. The van der Waals surface area contributed by atoms with Gasteiger partial charge >= 0.3 is 0 Å². The Balaban J connectivity index is 1.08. The molecule has 0 aliphatic carbocycles. The van der Waals surface area contributed by atoms with Crippen LogP contribution in [0.2, 0.25) is 0 Å². The molecule has 3 heterocycles.